The summed E-state index contributed by atoms with van der Waals surface area (Å²) in [4.78, 5) is 4.05. The van der Waals surface area contributed by atoms with E-state index in [4.69, 9.17) is 0 Å². The summed E-state index contributed by atoms with van der Waals surface area (Å²) in [5.74, 6) is 0. The summed E-state index contributed by atoms with van der Waals surface area (Å²) in [6, 6.07) is 48.3. The fourth-order valence-corrected chi connectivity index (χ4v) is 6.78. The molecule has 0 aliphatic carbocycles. The molecule has 2 heteroatoms. The maximum absolute atomic E-state index is 2.41. The average molecular weight is 556 g/mol. The van der Waals surface area contributed by atoms with E-state index in [0.717, 1.165) is 6.42 Å². The molecule has 0 amide bonds. The van der Waals surface area contributed by atoms with Crippen LogP contribution in [-0.4, -0.2) is 0 Å². The zero-order chi connectivity index (χ0) is 22.5. The number of rotatable bonds is 6. The SMILES string of the molecule is Ic1ccccc1-c1ccc(Cc2ccc([S+](c3ccccc3)c3ccccc3)cc2)cc1. The van der Waals surface area contributed by atoms with E-state index in [9.17, 15) is 0 Å². The van der Waals surface area contributed by atoms with Crippen LogP contribution in [0.5, 0.6) is 0 Å². The monoisotopic (exact) mass is 555 g/mol. The normalized spacial score (nSPS) is 11.0. The first kappa shape index (κ1) is 22.0. The molecule has 5 aromatic rings. The van der Waals surface area contributed by atoms with Crippen molar-refractivity contribution in [3.8, 4) is 11.1 Å². The van der Waals surface area contributed by atoms with E-state index in [1.165, 1.54) is 40.5 Å². The van der Waals surface area contributed by atoms with Crippen LogP contribution in [0.25, 0.3) is 11.1 Å². The molecule has 0 aliphatic rings. The molecule has 0 saturated heterocycles. The molecule has 0 aromatic heterocycles. The third-order valence-corrected chi connectivity index (χ3v) is 8.84. The lowest BCUT2D eigenvalue weighted by atomic mass is 10.0. The van der Waals surface area contributed by atoms with Crippen molar-refractivity contribution in [2.45, 2.75) is 21.1 Å². The molecular weight excluding hydrogens is 531 g/mol. The van der Waals surface area contributed by atoms with Crippen LogP contribution in [0.2, 0.25) is 0 Å². The minimum atomic E-state index is -0.0967. The highest BCUT2D eigenvalue weighted by atomic mass is 127. The second-order valence-electron chi connectivity index (χ2n) is 7.93. The molecule has 0 radical (unpaired) electrons. The van der Waals surface area contributed by atoms with Crippen LogP contribution in [0.15, 0.2) is 148 Å². The van der Waals surface area contributed by atoms with Crippen molar-refractivity contribution in [2.24, 2.45) is 0 Å². The third kappa shape index (κ3) is 5.23. The van der Waals surface area contributed by atoms with Gasteiger partial charge in [0.2, 0.25) is 0 Å². The molecule has 33 heavy (non-hydrogen) atoms. The van der Waals surface area contributed by atoms with Gasteiger partial charge in [-0.3, -0.25) is 0 Å². The van der Waals surface area contributed by atoms with Crippen molar-refractivity contribution in [1.82, 2.24) is 0 Å². The van der Waals surface area contributed by atoms with Crippen LogP contribution >= 0.6 is 22.6 Å². The molecule has 0 spiro atoms. The van der Waals surface area contributed by atoms with Gasteiger partial charge in [-0.25, -0.2) is 0 Å². The van der Waals surface area contributed by atoms with Crippen molar-refractivity contribution in [3.63, 3.8) is 0 Å². The van der Waals surface area contributed by atoms with Gasteiger partial charge in [-0.15, -0.1) is 0 Å². The zero-order valence-corrected chi connectivity index (χ0v) is 21.2. The highest BCUT2D eigenvalue weighted by Crippen LogP contribution is 2.31. The Kier molecular flexibility index (Phi) is 6.94. The molecule has 160 valence electrons. The van der Waals surface area contributed by atoms with Gasteiger partial charge in [-0.2, -0.15) is 0 Å². The van der Waals surface area contributed by atoms with Crippen LogP contribution in [0.1, 0.15) is 11.1 Å². The third-order valence-electron chi connectivity index (χ3n) is 5.66. The van der Waals surface area contributed by atoms with Crippen LogP contribution in [0.3, 0.4) is 0 Å². The van der Waals surface area contributed by atoms with Gasteiger partial charge in [0.05, 0.1) is 10.9 Å². The molecule has 5 rings (SSSR count). The molecule has 0 heterocycles. The Morgan fingerprint density at radius 3 is 1.45 bits per heavy atom. The highest BCUT2D eigenvalue weighted by molar-refractivity contribution is 14.1. The van der Waals surface area contributed by atoms with Crippen molar-refractivity contribution in [3.05, 3.63) is 148 Å². The predicted octanol–water partition coefficient (Wildman–Crippen LogP) is 8.64. The summed E-state index contributed by atoms with van der Waals surface area (Å²) < 4.78 is 1.28. The van der Waals surface area contributed by atoms with Crippen molar-refractivity contribution >= 4 is 33.5 Å². The Balaban J connectivity index is 1.37. The summed E-state index contributed by atoms with van der Waals surface area (Å²) in [6.07, 6.45) is 0.941. The van der Waals surface area contributed by atoms with E-state index < -0.39 is 0 Å². The molecule has 0 fully saturated rings. The minimum absolute atomic E-state index is 0.0967. The quantitative estimate of drug-likeness (QED) is 0.145. The minimum Gasteiger partial charge on any atom is -0.0619 e. The maximum Gasteiger partial charge on any atom is 0.166 e. The van der Waals surface area contributed by atoms with Gasteiger partial charge in [0.25, 0.3) is 0 Å². The summed E-state index contributed by atoms with van der Waals surface area (Å²) in [7, 11) is -0.0967. The van der Waals surface area contributed by atoms with E-state index >= 15 is 0 Å². The Bertz CT molecular complexity index is 1270. The number of hydrogen-bond acceptors (Lipinski definition) is 0. The Morgan fingerprint density at radius 1 is 0.455 bits per heavy atom. The number of benzene rings is 5. The van der Waals surface area contributed by atoms with E-state index in [1.54, 1.807) is 0 Å². The van der Waals surface area contributed by atoms with Crippen molar-refractivity contribution < 1.29 is 0 Å². The second-order valence-corrected chi connectivity index (χ2v) is 11.1. The van der Waals surface area contributed by atoms with E-state index in [-0.39, 0.29) is 10.9 Å². The Labute approximate surface area is 212 Å². The van der Waals surface area contributed by atoms with Gasteiger partial charge in [0, 0.05) is 3.57 Å². The van der Waals surface area contributed by atoms with E-state index in [2.05, 4.69) is 156 Å². The first-order valence-electron chi connectivity index (χ1n) is 11.0. The van der Waals surface area contributed by atoms with Gasteiger partial charge >= 0.3 is 0 Å². The number of hydrogen-bond donors (Lipinski definition) is 0. The highest BCUT2D eigenvalue weighted by Gasteiger charge is 2.27. The standard InChI is InChI=1S/C31H24IS/c32-31-14-8-7-13-30(31)26-19-15-24(16-20-26)23-25-17-21-29(22-18-25)33(27-9-3-1-4-10-27)28-11-5-2-6-12-28/h1-22H,23H2/q+1. The molecule has 0 N–H and O–H groups in total. The molecule has 0 saturated carbocycles. The van der Waals surface area contributed by atoms with Crippen molar-refractivity contribution in [2.75, 3.05) is 0 Å². The van der Waals surface area contributed by atoms with Gasteiger partial charge in [0.15, 0.2) is 14.7 Å². The van der Waals surface area contributed by atoms with Gasteiger partial charge in [0.1, 0.15) is 0 Å². The molecule has 5 aromatic carbocycles. The zero-order valence-electron chi connectivity index (χ0n) is 18.2. The van der Waals surface area contributed by atoms with Gasteiger partial charge < -0.3 is 0 Å². The van der Waals surface area contributed by atoms with Crippen LogP contribution < -0.4 is 0 Å². The van der Waals surface area contributed by atoms with Crippen molar-refractivity contribution in [1.29, 1.82) is 0 Å². The summed E-state index contributed by atoms with van der Waals surface area (Å²) in [6.45, 7) is 0. The molecule has 0 unspecified atom stereocenters. The second kappa shape index (κ2) is 10.4. The molecule has 0 nitrogen and oxygen atoms in total. The van der Waals surface area contributed by atoms with E-state index in [1.807, 2.05) is 0 Å². The smallest absolute Gasteiger partial charge is 0.0619 e. The molecule has 0 aliphatic heterocycles. The van der Waals surface area contributed by atoms with Gasteiger partial charge in [-0.1, -0.05) is 91.0 Å². The molecule has 0 atom stereocenters. The first-order valence-corrected chi connectivity index (χ1v) is 13.4. The van der Waals surface area contributed by atoms with Crippen LogP contribution in [0.4, 0.5) is 0 Å². The lowest BCUT2D eigenvalue weighted by molar-refractivity contribution is 1.18. The fourth-order valence-electron chi connectivity index (χ4n) is 4.00. The van der Waals surface area contributed by atoms with Crippen LogP contribution in [-0.2, 0) is 17.3 Å². The largest absolute Gasteiger partial charge is 0.166 e. The lowest BCUT2D eigenvalue weighted by Gasteiger charge is -2.09. The lowest BCUT2D eigenvalue weighted by Crippen LogP contribution is -2.04. The summed E-state index contributed by atoms with van der Waals surface area (Å²) >= 11 is 2.41. The van der Waals surface area contributed by atoms with Crippen LogP contribution in [0, 0.1) is 3.57 Å². The first-order chi connectivity index (χ1) is 16.3. The Hall–Kier alpha value is -2.82. The summed E-state index contributed by atoms with van der Waals surface area (Å²) in [5.41, 5.74) is 5.24. The Morgan fingerprint density at radius 2 is 0.909 bits per heavy atom. The number of halogens is 1. The molecular formula is C31H24IS+. The summed E-state index contributed by atoms with van der Waals surface area (Å²) in [5, 5.41) is 0. The topological polar surface area (TPSA) is 0 Å². The average Bonchev–Trinajstić information content (AvgIpc) is 2.88. The predicted molar refractivity (Wildman–Crippen MR) is 149 cm³/mol. The van der Waals surface area contributed by atoms with E-state index in [0.29, 0.717) is 0 Å². The fraction of sp³-hybridized carbons (Fsp3) is 0.0323. The van der Waals surface area contributed by atoms with Gasteiger partial charge in [-0.05, 0) is 93.7 Å². The maximum atomic E-state index is 2.41. The molecule has 0 bridgehead atoms.